The van der Waals surface area contributed by atoms with Gasteiger partial charge < -0.3 is 5.73 Å². The van der Waals surface area contributed by atoms with Crippen LogP contribution in [0.5, 0.6) is 0 Å². The summed E-state index contributed by atoms with van der Waals surface area (Å²) in [6, 6.07) is 0. The summed E-state index contributed by atoms with van der Waals surface area (Å²) in [5.74, 6) is 0.486. The van der Waals surface area contributed by atoms with E-state index in [0.717, 1.165) is 12.1 Å². The van der Waals surface area contributed by atoms with Crippen molar-refractivity contribution in [2.24, 2.45) is 11.1 Å². The first-order chi connectivity index (χ1) is 7.99. The summed E-state index contributed by atoms with van der Waals surface area (Å²) in [6.07, 6.45) is 5.17. The molecular weight excluding hydrogens is 238 g/mol. The summed E-state index contributed by atoms with van der Waals surface area (Å²) >= 11 is 0. The molecular formula is C11H19N3O2S. The molecule has 0 amide bonds. The molecule has 2 heterocycles. The number of hydrogen-bond acceptors (Lipinski definition) is 4. The highest BCUT2D eigenvalue weighted by Gasteiger charge is 2.41. The van der Waals surface area contributed by atoms with E-state index < -0.39 is 9.84 Å². The van der Waals surface area contributed by atoms with Gasteiger partial charge in [0.2, 0.25) is 0 Å². The monoisotopic (exact) mass is 257 g/mol. The molecule has 96 valence electrons. The summed E-state index contributed by atoms with van der Waals surface area (Å²) in [7, 11) is -2.89. The van der Waals surface area contributed by atoms with Crippen LogP contribution < -0.4 is 5.73 Å². The van der Waals surface area contributed by atoms with Gasteiger partial charge in [-0.05, 0) is 31.9 Å². The first kappa shape index (κ1) is 12.6. The molecule has 17 heavy (non-hydrogen) atoms. The van der Waals surface area contributed by atoms with Crippen molar-refractivity contribution in [1.29, 1.82) is 0 Å². The Hall–Kier alpha value is -0.880. The van der Waals surface area contributed by atoms with E-state index in [-0.39, 0.29) is 16.9 Å². The average Bonchev–Trinajstić information content (AvgIpc) is 2.84. The fourth-order valence-electron chi connectivity index (χ4n) is 2.46. The van der Waals surface area contributed by atoms with Gasteiger partial charge in [-0.25, -0.2) is 8.42 Å². The van der Waals surface area contributed by atoms with Crippen molar-refractivity contribution in [3.8, 4) is 0 Å². The van der Waals surface area contributed by atoms with Gasteiger partial charge in [0.1, 0.15) is 0 Å². The van der Waals surface area contributed by atoms with Gasteiger partial charge in [0, 0.05) is 18.2 Å². The lowest BCUT2D eigenvalue weighted by Gasteiger charge is -2.24. The number of nitrogens with zero attached hydrogens (tertiary/aromatic N) is 2. The van der Waals surface area contributed by atoms with E-state index in [0.29, 0.717) is 19.4 Å². The molecule has 0 radical (unpaired) electrons. The highest BCUT2D eigenvalue weighted by Crippen LogP contribution is 2.34. The molecule has 0 spiro atoms. The summed E-state index contributed by atoms with van der Waals surface area (Å²) in [5, 5.41) is 4.20. The number of hydrogen-bond donors (Lipinski definition) is 1. The van der Waals surface area contributed by atoms with E-state index >= 15 is 0 Å². The lowest BCUT2D eigenvalue weighted by atomic mass is 9.82. The third-order valence-electron chi connectivity index (χ3n) is 3.49. The molecule has 1 saturated heterocycles. The zero-order valence-electron chi connectivity index (χ0n) is 10.1. The van der Waals surface area contributed by atoms with Crippen molar-refractivity contribution >= 4 is 9.84 Å². The van der Waals surface area contributed by atoms with Crippen molar-refractivity contribution in [2.45, 2.75) is 26.3 Å². The Morgan fingerprint density at radius 2 is 2.35 bits per heavy atom. The first-order valence-corrected chi connectivity index (χ1v) is 7.73. The third kappa shape index (κ3) is 2.69. The second kappa shape index (κ2) is 4.42. The molecule has 1 atom stereocenters. The van der Waals surface area contributed by atoms with Gasteiger partial charge in [-0.15, -0.1) is 0 Å². The van der Waals surface area contributed by atoms with E-state index in [2.05, 4.69) is 5.10 Å². The summed E-state index contributed by atoms with van der Waals surface area (Å²) in [4.78, 5) is 0. The van der Waals surface area contributed by atoms with E-state index in [4.69, 9.17) is 5.73 Å². The Bertz CT molecular complexity index is 495. The largest absolute Gasteiger partial charge is 0.330 e. The van der Waals surface area contributed by atoms with Gasteiger partial charge >= 0.3 is 0 Å². The van der Waals surface area contributed by atoms with Gasteiger partial charge in [0.15, 0.2) is 9.84 Å². The van der Waals surface area contributed by atoms with Crippen LogP contribution in [-0.2, 0) is 22.8 Å². The van der Waals surface area contributed by atoms with Crippen LogP contribution in [0.2, 0.25) is 0 Å². The molecule has 1 aromatic rings. The third-order valence-corrected chi connectivity index (χ3v) is 5.37. The summed E-state index contributed by atoms with van der Waals surface area (Å²) in [6.45, 7) is 3.27. The van der Waals surface area contributed by atoms with Gasteiger partial charge in [-0.3, -0.25) is 4.68 Å². The van der Waals surface area contributed by atoms with Crippen molar-refractivity contribution in [2.75, 3.05) is 18.1 Å². The average molecular weight is 257 g/mol. The molecule has 0 saturated carbocycles. The number of nitrogens with two attached hydrogens (primary N) is 1. The van der Waals surface area contributed by atoms with Crippen LogP contribution in [0, 0.1) is 5.41 Å². The molecule has 2 rings (SSSR count). The fourth-order valence-corrected chi connectivity index (χ4v) is 4.64. The Kier molecular flexibility index (Phi) is 3.27. The minimum atomic E-state index is -2.89. The van der Waals surface area contributed by atoms with Crippen molar-refractivity contribution in [3.05, 3.63) is 18.0 Å². The second-order valence-corrected chi connectivity index (χ2v) is 7.11. The zero-order chi connectivity index (χ0) is 12.5. The van der Waals surface area contributed by atoms with E-state index in [1.165, 1.54) is 0 Å². The first-order valence-electron chi connectivity index (χ1n) is 5.90. The SMILES string of the molecule is CCn1cc(CC2(CN)CCS(=O)(=O)C2)cn1. The minimum absolute atomic E-state index is 0.216. The molecule has 6 heteroatoms. The van der Waals surface area contributed by atoms with Gasteiger partial charge in [0.05, 0.1) is 17.7 Å². The maximum Gasteiger partial charge on any atom is 0.150 e. The molecule has 5 nitrogen and oxygen atoms in total. The predicted octanol–water partition coefficient (Wildman–Crippen LogP) is 0.209. The van der Waals surface area contributed by atoms with Crippen LogP contribution in [0.4, 0.5) is 0 Å². The minimum Gasteiger partial charge on any atom is -0.330 e. The molecule has 0 aromatic carbocycles. The highest BCUT2D eigenvalue weighted by atomic mass is 32.2. The van der Waals surface area contributed by atoms with Crippen LogP contribution >= 0.6 is 0 Å². The van der Waals surface area contributed by atoms with Crippen LogP contribution in [0.25, 0.3) is 0 Å². The van der Waals surface area contributed by atoms with Gasteiger partial charge in [-0.1, -0.05) is 0 Å². The van der Waals surface area contributed by atoms with Crippen molar-refractivity contribution in [3.63, 3.8) is 0 Å². The maximum absolute atomic E-state index is 11.6. The molecule has 2 N–H and O–H groups in total. The normalized spacial score (nSPS) is 27.4. The highest BCUT2D eigenvalue weighted by molar-refractivity contribution is 7.91. The van der Waals surface area contributed by atoms with Crippen LogP contribution in [-0.4, -0.2) is 36.2 Å². The number of rotatable bonds is 4. The lowest BCUT2D eigenvalue weighted by Crippen LogP contribution is -2.33. The molecule has 1 fully saturated rings. The Morgan fingerprint density at radius 3 is 2.82 bits per heavy atom. The molecule has 1 aliphatic rings. The fraction of sp³-hybridized carbons (Fsp3) is 0.727. The Labute approximate surface area is 102 Å². The molecule has 0 aliphatic carbocycles. The van der Waals surface area contributed by atoms with Crippen LogP contribution in [0.15, 0.2) is 12.4 Å². The molecule has 1 aromatic heterocycles. The van der Waals surface area contributed by atoms with Crippen LogP contribution in [0.3, 0.4) is 0 Å². The van der Waals surface area contributed by atoms with Gasteiger partial charge in [-0.2, -0.15) is 5.10 Å². The smallest absolute Gasteiger partial charge is 0.150 e. The maximum atomic E-state index is 11.6. The van der Waals surface area contributed by atoms with Gasteiger partial charge in [0.25, 0.3) is 0 Å². The van der Waals surface area contributed by atoms with Crippen molar-refractivity contribution < 1.29 is 8.42 Å². The molecule has 1 unspecified atom stereocenters. The van der Waals surface area contributed by atoms with E-state index in [1.54, 1.807) is 0 Å². The predicted molar refractivity (Wildman–Crippen MR) is 66.4 cm³/mol. The Morgan fingerprint density at radius 1 is 1.59 bits per heavy atom. The van der Waals surface area contributed by atoms with E-state index in [1.807, 2.05) is 24.0 Å². The standard InChI is InChI=1S/C11H19N3O2S/c1-2-14-7-10(6-13-14)5-11(8-12)3-4-17(15,16)9-11/h6-7H,2-5,8-9,12H2,1H3. The number of aryl methyl sites for hydroxylation is 1. The number of aromatic nitrogens is 2. The Balaban J connectivity index is 2.15. The molecule has 1 aliphatic heterocycles. The zero-order valence-corrected chi connectivity index (χ0v) is 10.9. The summed E-state index contributed by atoms with van der Waals surface area (Å²) in [5.41, 5.74) is 6.59. The molecule has 0 bridgehead atoms. The summed E-state index contributed by atoms with van der Waals surface area (Å²) < 4.78 is 25.0. The lowest BCUT2D eigenvalue weighted by molar-refractivity contribution is 0.344. The topological polar surface area (TPSA) is 78.0 Å². The van der Waals surface area contributed by atoms with E-state index in [9.17, 15) is 8.42 Å². The quantitative estimate of drug-likeness (QED) is 0.836. The van der Waals surface area contributed by atoms with Crippen molar-refractivity contribution in [1.82, 2.24) is 9.78 Å². The second-order valence-electron chi connectivity index (χ2n) is 4.93. The van der Waals surface area contributed by atoms with Crippen LogP contribution in [0.1, 0.15) is 18.9 Å². The number of sulfone groups is 1.